The van der Waals surface area contributed by atoms with Crippen LogP contribution >= 0.6 is 0 Å². The number of hydrogen-bond donors (Lipinski definition) is 0. The maximum atomic E-state index is 11.2. The van der Waals surface area contributed by atoms with E-state index in [9.17, 15) is 4.79 Å². The van der Waals surface area contributed by atoms with Gasteiger partial charge in [-0.15, -0.1) is 0 Å². The van der Waals surface area contributed by atoms with Gasteiger partial charge in [-0.1, -0.05) is 6.92 Å². The molecule has 0 spiro atoms. The Labute approximate surface area is 72.0 Å². The van der Waals surface area contributed by atoms with Crippen molar-refractivity contribution in [1.29, 1.82) is 0 Å². The van der Waals surface area contributed by atoms with E-state index in [2.05, 4.69) is 0 Å². The quantitative estimate of drug-likeness (QED) is 0.538. The van der Waals surface area contributed by atoms with Crippen molar-refractivity contribution in [1.82, 2.24) is 0 Å². The molecule has 0 saturated carbocycles. The maximum Gasteiger partial charge on any atom is 0.163 e. The highest BCUT2D eigenvalue weighted by Gasteiger charge is 2.38. The topological polar surface area (TPSA) is 35.5 Å². The first-order valence-electron chi connectivity index (χ1n) is 4.55. The molecule has 12 heavy (non-hydrogen) atoms. The lowest BCUT2D eigenvalue weighted by Gasteiger charge is -2.38. The highest BCUT2D eigenvalue weighted by Crippen LogP contribution is 2.27. The fraction of sp³-hybridized carbons (Fsp3) is 0.889. The molecular formula is C9H14O3. The van der Waals surface area contributed by atoms with Gasteiger partial charge in [-0.3, -0.25) is 4.79 Å². The second-order valence-electron chi connectivity index (χ2n) is 3.58. The van der Waals surface area contributed by atoms with Crippen molar-refractivity contribution in [3.05, 3.63) is 0 Å². The fourth-order valence-corrected chi connectivity index (χ4v) is 1.92. The van der Waals surface area contributed by atoms with Crippen LogP contribution in [-0.4, -0.2) is 31.2 Å². The fourth-order valence-electron chi connectivity index (χ4n) is 1.92. The van der Waals surface area contributed by atoms with Gasteiger partial charge in [0, 0.05) is 12.5 Å². The lowest BCUT2D eigenvalue weighted by molar-refractivity contribution is -0.172. The molecule has 0 aromatic carbocycles. The minimum atomic E-state index is 0.0278. The molecule has 2 heterocycles. The SMILES string of the molecule is C[C@@H]1C(=O)CO[C@@H]2CCCO[C@@H]12. The highest BCUT2D eigenvalue weighted by atomic mass is 16.5. The first-order valence-corrected chi connectivity index (χ1v) is 4.55. The Balaban J connectivity index is 2.08. The molecule has 0 radical (unpaired) electrons. The zero-order valence-corrected chi connectivity index (χ0v) is 7.29. The average Bonchev–Trinajstić information content (AvgIpc) is 2.12. The van der Waals surface area contributed by atoms with E-state index in [-0.39, 0.29) is 30.5 Å². The number of hydrogen-bond acceptors (Lipinski definition) is 3. The number of ketones is 1. The monoisotopic (exact) mass is 170 g/mol. The summed E-state index contributed by atoms with van der Waals surface area (Å²) in [6.45, 7) is 3.00. The summed E-state index contributed by atoms with van der Waals surface area (Å²) in [4.78, 5) is 11.2. The van der Waals surface area contributed by atoms with Crippen LogP contribution in [0.5, 0.6) is 0 Å². The number of rotatable bonds is 0. The molecule has 3 nitrogen and oxygen atoms in total. The molecule has 3 atom stereocenters. The number of carbonyl (C=O) groups excluding carboxylic acids is 1. The van der Waals surface area contributed by atoms with Crippen molar-refractivity contribution in [2.24, 2.45) is 5.92 Å². The van der Waals surface area contributed by atoms with Crippen LogP contribution in [0, 0.1) is 5.92 Å². The van der Waals surface area contributed by atoms with E-state index in [1.54, 1.807) is 0 Å². The van der Waals surface area contributed by atoms with Crippen LogP contribution in [0.25, 0.3) is 0 Å². The van der Waals surface area contributed by atoms with E-state index >= 15 is 0 Å². The van der Waals surface area contributed by atoms with Crippen LogP contribution in [-0.2, 0) is 14.3 Å². The molecule has 2 fully saturated rings. The molecule has 2 aliphatic heterocycles. The Kier molecular flexibility index (Phi) is 2.15. The van der Waals surface area contributed by atoms with Crippen molar-refractivity contribution >= 4 is 5.78 Å². The molecule has 0 bridgehead atoms. The molecule has 0 amide bonds. The van der Waals surface area contributed by atoms with E-state index < -0.39 is 0 Å². The standard InChI is InChI=1S/C9H14O3/c1-6-7(10)5-12-8-3-2-4-11-9(6)8/h6,8-9H,2-5H2,1H3/t6-,8-,9+/m1/s1. The summed E-state index contributed by atoms with van der Waals surface area (Å²) in [6.07, 6.45) is 2.30. The van der Waals surface area contributed by atoms with Gasteiger partial charge in [0.2, 0.25) is 0 Å². The first kappa shape index (κ1) is 8.20. The third-order valence-corrected chi connectivity index (χ3v) is 2.75. The summed E-state index contributed by atoms with van der Waals surface area (Å²) in [7, 11) is 0. The molecule has 0 N–H and O–H groups in total. The van der Waals surface area contributed by atoms with Gasteiger partial charge in [0.1, 0.15) is 6.61 Å². The summed E-state index contributed by atoms with van der Waals surface area (Å²) >= 11 is 0. The number of Topliss-reactive ketones (excluding diaryl/α,β-unsaturated/α-hetero) is 1. The van der Waals surface area contributed by atoms with E-state index in [4.69, 9.17) is 9.47 Å². The lowest BCUT2D eigenvalue weighted by atomic mass is 9.89. The van der Waals surface area contributed by atoms with E-state index in [0.29, 0.717) is 0 Å². The van der Waals surface area contributed by atoms with Gasteiger partial charge in [0.25, 0.3) is 0 Å². The smallest absolute Gasteiger partial charge is 0.163 e. The molecule has 2 rings (SSSR count). The maximum absolute atomic E-state index is 11.2. The second-order valence-corrected chi connectivity index (χ2v) is 3.58. The zero-order chi connectivity index (χ0) is 8.55. The minimum absolute atomic E-state index is 0.0278. The largest absolute Gasteiger partial charge is 0.375 e. The average molecular weight is 170 g/mol. The molecule has 2 saturated heterocycles. The molecule has 68 valence electrons. The highest BCUT2D eigenvalue weighted by molar-refractivity contribution is 5.83. The molecule has 0 unspecified atom stereocenters. The molecule has 2 aliphatic rings. The Morgan fingerprint density at radius 1 is 1.42 bits per heavy atom. The molecule has 0 aromatic heterocycles. The Morgan fingerprint density at radius 3 is 3.08 bits per heavy atom. The molecule has 0 aromatic rings. The summed E-state index contributed by atoms with van der Waals surface area (Å²) in [5.74, 6) is 0.210. The van der Waals surface area contributed by atoms with Gasteiger partial charge in [-0.25, -0.2) is 0 Å². The molecule has 0 aliphatic carbocycles. The van der Waals surface area contributed by atoms with Gasteiger partial charge >= 0.3 is 0 Å². The van der Waals surface area contributed by atoms with E-state index in [0.717, 1.165) is 19.4 Å². The van der Waals surface area contributed by atoms with E-state index in [1.807, 2.05) is 6.92 Å². The summed E-state index contributed by atoms with van der Waals surface area (Å²) in [5, 5.41) is 0. The van der Waals surface area contributed by atoms with Gasteiger partial charge in [-0.2, -0.15) is 0 Å². The van der Waals surface area contributed by atoms with Crippen LogP contribution < -0.4 is 0 Å². The minimum Gasteiger partial charge on any atom is -0.375 e. The van der Waals surface area contributed by atoms with Gasteiger partial charge < -0.3 is 9.47 Å². The number of ether oxygens (including phenoxy) is 2. The Bertz CT molecular complexity index is 190. The third kappa shape index (κ3) is 1.27. The molecular weight excluding hydrogens is 156 g/mol. The van der Waals surface area contributed by atoms with Crippen molar-refractivity contribution in [3.8, 4) is 0 Å². The first-order chi connectivity index (χ1) is 5.79. The summed E-state index contributed by atoms with van der Waals surface area (Å²) in [6, 6.07) is 0. The Hall–Kier alpha value is -0.410. The summed E-state index contributed by atoms with van der Waals surface area (Å²) in [5.41, 5.74) is 0. The third-order valence-electron chi connectivity index (χ3n) is 2.75. The predicted octanol–water partition coefficient (Wildman–Crippen LogP) is 0.769. The van der Waals surface area contributed by atoms with Gasteiger partial charge in [0.05, 0.1) is 12.2 Å². The van der Waals surface area contributed by atoms with Crippen molar-refractivity contribution < 1.29 is 14.3 Å². The van der Waals surface area contributed by atoms with Crippen LogP contribution in [0.3, 0.4) is 0 Å². The number of fused-ring (bicyclic) bond motifs is 1. The second kappa shape index (κ2) is 3.15. The van der Waals surface area contributed by atoms with Crippen LogP contribution in [0.2, 0.25) is 0 Å². The van der Waals surface area contributed by atoms with Crippen LogP contribution in [0.15, 0.2) is 0 Å². The van der Waals surface area contributed by atoms with E-state index in [1.165, 1.54) is 0 Å². The van der Waals surface area contributed by atoms with Crippen LogP contribution in [0.4, 0.5) is 0 Å². The van der Waals surface area contributed by atoms with Gasteiger partial charge in [-0.05, 0) is 12.8 Å². The molecule has 3 heteroatoms. The normalized spacial score (nSPS) is 42.4. The van der Waals surface area contributed by atoms with Crippen molar-refractivity contribution in [2.45, 2.75) is 32.0 Å². The predicted molar refractivity (Wildman–Crippen MR) is 42.9 cm³/mol. The zero-order valence-electron chi connectivity index (χ0n) is 7.29. The van der Waals surface area contributed by atoms with Crippen molar-refractivity contribution in [2.75, 3.05) is 13.2 Å². The van der Waals surface area contributed by atoms with Gasteiger partial charge in [0.15, 0.2) is 5.78 Å². The van der Waals surface area contributed by atoms with Crippen molar-refractivity contribution in [3.63, 3.8) is 0 Å². The lowest BCUT2D eigenvalue weighted by Crippen LogP contribution is -2.49. The van der Waals surface area contributed by atoms with Crippen LogP contribution in [0.1, 0.15) is 19.8 Å². The summed E-state index contributed by atoms with van der Waals surface area (Å²) < 4.78 is 10.9. The Morgan fingerprint density at radius 2 is 2.25 bits per heavy atom. The number of carbonyl (C=O) groups is 1.